The molecule has 0 aliphatic carbocycles. The van der Waals surface area contributed by atoms with Gasteiger partial charge in [0.05, 0.1) is 12.2 Å². The summed E-state index contributed by atoms with van der Waals surface area (Å²) in [6.07, 6.45) is 7.43. The summed E-state index contributed by atoms with van der Waals surface area (Å²) < 4.78 is 0. The topological polar surface area (TPSA) is 98.8 Å². The van der Waals surface area contributed by atoms with E-state index in [0.29, 0.717) is 18.9 Å². The molecule has 4 aromatic rings. The maximum absolute atomic E-state index is 12.8. The van der Waals surface area contributed by atoms with Crippen LogP contribution in [0.5, 0.6) is 0 Å². The molecule has 4 heterocycles. The lowest BCUT2D eigenvalue weighted by Gasteiger charge is -2.19. The third-order valence-corrected chi connectivity index (χ3v) is 6.50. The van der Waals surface area contributed by atoms with Crippen LogP contribution in [0, 0.1) is 0 Å². The van der Waals surface area contributed by atoms with Crippen molar-refractivity contribution in [3.63, 3.8) is 0 Å². The third kappa shape index (κ3) is 4.04. The molecule has 8 nitrogen and oxygen atoms in total. The second kappa shape index (κ2) is 8.72. The van der Waals surface area contributed by atoms with Crippen LogP contribution in [0.4, 0.5) is 11.5 Å². The summed E-state index contributed by atoms with van der Waals surface area (Å²) in [7, 11) is 0. The number of hydrogen-bond acceptors (Lipinski definition) is 6. The SMILES string of the molecule is O=C([C@@H]1CCCN1)N1Cc2ccc(-c3nccc(Nc4ccc(-c5cn[nH]c5)cc4)n3)cc2C1. The fourth-order valence-electron chi connectivity index (χ4n) is 4.68. The first kappa shape index (κ1) is 20.6. The predicted octanol–water partition coefficient (Wildman–Crippen LogP) is 3.87. The van der Waals surface area contributed by atoms with E-state index < -0.39 is 0 Å². The van der Waals surface area contributed by atoms with E-state index in [1.165, 1.54) is 11.1 Å². The highest BCUT2D eigenvalue weighted by Crippen LogP contribution is 2.29. The molecule has 0 radical (unpaired) electrons. The fraction of sp³-hybridized carbons (Fsp3) is 0.231. The number of aromatic nitrogens is 4. The first-order chi connectivity index (χ1) is 16.7. The van der Waals surface area contributed by atoms with Crippen LogP contribution < -0.4 is 10.6 Å². The summed E-state index contributed by atoms with van der Waals surface area (Å²) in [6, 6.07) is 16.2. The molecule has 2 aromatic carbocycles. The van der Waals surface area contributed by atoms with Crippen molar-refractivity contribution in [2.24, 2.45) is 0 Å². The van der Waals surface area contributed by atoms with E-state index in [-0.39, 0.29) is 11.9 Å². The zero-order valence-electron chi connectivity index (χ0n) is 18.7. The average molecular weight is 452 g/mol. The predicted molar refractivity (Wildman–Crippen MR) is 130 cm³/mol. The summed E-state index contributed by atoms with van der Waals surface area (Å²) in [5.41, 5.74) is 6.40. The van der Waals surface area contributed by atoms with Gasteiger partial charge in [0.2, 0.25) is 5.91 Å². The van der Waals surface area contributed by atoms with Crippen LogP contribution in [0.1, 0.15) is 24.0 Å². The summed E-state index contributed by atoms with van der Waals surface area (Å²) in [5, 5.41) is 13.5. The molecular formula is C26H25N7O. The average Bonchev–Trinajstić information content (AvgIpc) is 3.66. The van der Waals surface area contributed by atoms with Crippen molar-refractivity contribution in [1.29, 1.82) is 0 Å². The fourth-order valence-corrected chi connectivity index (χ4v) is 4.68. The first-order valence-electron chi connectivity index (χ1n) is 11.6. The quantitative estimate of drug-likeness (QED) is 0.426. The lowest BCUT2D eigenvalue weighted by Crippen LogP contribution is -2.40. The number of carbonyl (C=O) groups is 1. The Morgan fingerprint density at radius 1 is 1.00 bits per heavy atom. The molecule has 0 spiro atoms. The van der Waals surface area contributed by atoms with Gasteiger partial charge >= 0.3 is 0 Å². The lowest BCUT2D eigenvalue weighted by atomic mass is 10.1. The van der Waals surface area contributed by atoms with Gasteiger partial charge in [-0.2, -0.15) is 5.10 Å². The van der Waals surface area contributed by atoms with Gasteiger partial charge in [0.15, 0.2) is 5.82 Å². The Morgan fingerprint density at radius 2 is 1.85 bits per heavy atom. The van der Waals surface area contributed by atoms with Crippen LogP contribution in [-0.4, -0.2) is 43.6 Å². The Labute approximate surface area is 197 Å². The Balaban J connectivity index is 1.17. The molecule has 1 amide bonds. The highest BCUT2D eigenvalue weighted by molar-refractivity contribution is 5.83. The van der Waals surface area contributed by atoms with E-state index in [1.54, 1.807) is 12.4 Å². The summed E-state index contributed by atoms with van der Waals surface area (Å²) in [4.78, 5) is 24.0. The molecule has 2 aliphatic rings. The largest absolute Gasteiger partial charge is 0.340 e. The third-order valence-electron chi connectivity index (χ3n) is 6.50. The van der Waals surface area contributed by atoms with Gasteiger partial charge in [0.1, 0.15) is 5.82 Å². The molecule has 0 unspecified atom stereocenters. The van der Waals surface area contributed by atoms with Crippen molar-refractivity contribution in [2.75, 3.05) is 11.9 Å². The maximum Gasteiger partial charge on any atom is 0.240 e. The summed E-state index contributed by atoms with van der Waals surface area (Å²) >= 11 is 0. The van der Waals surface area contributed by atoms with Crippen molar-refractivity contribution in [3.8, 4) is 22.5 Å². The molecule has 0 bridgehead atoms. The van der Waals surface area contributed by atoms with Gasteiger partial charge in [-0.15, -0.1) is 0 Å². The molecule has 1 fully saturated rings. The number of anilines is 2. The van der Waals surface area contributed by atoms with E-state index in [0.717, 1.165) is 47.6 Å². The van der Waals surface area contributed by atoms with Crippen LogP contribution in [0.15, 0.2) is 67.1 Å². The minimum atomic E-state index is -0.0337. The van der Waals surface area contributed by atoms with Gasteiger partial charge in [0.25, 0.3) is 0 Å². The van der Waals surface area contributed by atoms with Crippen LogP contribution in [0.2, 0.25) is 0 Å². The highest BCUT2D eigenvalue weighted by atomic mass is 16.2. The number of nitrogens with zero attached hydrogens (tertiary/aromatic N) is 4. The lowest BCUT2D eigenvalue weighted by molar-refractivity contribution is -0.133. The Morgan fingerprint density at radius 3 is 2.65 bits per heavy atom. The van der Waals surface area contributed by atoms with Crippen LogP contribution in [-0.2, 0) is 17.9 Å². The molecule has 2 aromatic heterocycles. The van der Waals surface area contributed by atoms with Gasteiger partial charge in [-0.1, -0.05) is 24.3 Å². The van der Waals surface area contributed by atoms with E-state index >= 15 is 0 Å². The van der Waals surface area contributed by atoms with Crippen molar-refractivity contribution < 1.29 is 4.79 Å². The van der Waals surface area contributed by atoms with Gasteiger partial charge in [0, 0.05) is 42.3 Å². The highest BCUT2D eigenvalue weighted by Gasteiger charge is 2.30. The van der Waals surface area contributed by atoms with Gasteiger partial charge < -0.3 is 15.5 Å². The van der Waals surface area contributed by atoms with E-state index in [4.69, 9.17) is 4.98 Å². The first-order valence-corrected chi connectivity index (χ1v) is 11.6. The number of aromatic amines is 1. The Kier molecular flexibility index (Phi) is 5.27. The molecule has 8 heteroatoms. The molecule has 6 rings (SSSR count). The van der Waals surface area contributed by atoms with Gasteiger partial charge in [-0.05, 0) is 60.3 Å². The molecule has 1 atom stereocenters. The molecular weight excluding hydrogens is 426 g/mol. The number of nitrogens with one attached hydrogen (secondary N) is 3. The number of hydrogen-bond donors (Lipinski definition) is 3. The van der Waals surface area contributed by atoms with Crippen molar-refractivity contribution in [3.05, 3.63) is 78.2 Å². The standard InChI is InChI=1S/C26H25N7O/c34-26(23-2-1-10-27-23)33-15-19-4-3-18(12-20(19)16-33)25-28-11-9-24(32-25)31-22-7-5-17(6-8-22)21-13-29-30-14-21/h3-9,11-14,23,27H,1-2,10,15-16H2,(H,29,30)(H,28,31,32)/t23-/m0/s1. The van der Waals surface area contributed by atoms with Gasteiger partial charge in [-0.3, -0.25) is 9.89 Å². The molecule has 1 saturated heterocycles. The number of benzene rings is 2. The van der Waals surface area contributed by atoms with Crippen molar-refractivity contribution in [2.45, 2.75) is 32.0 Å². The molecule has 2 aliphatic heterocycles. The number of rotatable bonds is 5. The molecule has 0 saturated carbocycles. The number of fused-ring (bicyclic) bond motifs is 1. The van der Waals surface area contributed by atoms with Crippen LogP contribution in [0.25, 0.3) is 22.5 Å². The van der Waals surface area contributed by atoms with E-state index in [9.17, 15) is 4.79 Å². The second-order valence-electron chi connectivity index (χ2n) is 8.78. The van der Waals surface area contributed by atoms with Crippen molar-refractivity contribution >= 4 is 17.4 Å². The van der Waals surface area contributed by atoms with Crippen molar-refractivity contribution in [1.82, 2.24) is 30.4 Å². The van der Waals surface area contributed by atoms with Gasteiger partial charge in [-0.25, -0.2) is 9.97 Å². The minimum absolute atomic E-state index is 0.0337. The normalized spacial score (nSPS) is 17.1. The zero-order valence-corrected chi connectivity index (χ0v) is 18.7. The van der Waals surface area contributed by atoms with E-state index in [2.05, 4.69) is 37.9 Å². The number of amides is 1. The molecule has 3 N–H and O–H groups in total. The van der Waals surface area contributed by atoms with Crippen LogP contribution in [0.3, 0.4) is 0 Å². The molecule has 34 heavy (non-hydrogen) atoms. The Hall–Kier alpha value is -4.04. The van der Waals surface area contributed by atoms with E-state index in [1.807, 2.05) is 47.5 Å². The second-order valence-corrected chi connectivity index (χ2v) is 8.78. The Bertz CT molecular complexity index is 1310. The smallest absolute Gasteiger partial charge is 0.240 e. The number of carbonyl (C=O) groups excluding carboxylic acids is 1. The van der Waals surface area contributed by atoms with Crippen LogP contribution >= 0.6 is 0 Å². The maximum atomic E-state index is 12.8. The summed E-state index contributed by atoms with van der Waals surface area (Å²) in [5.74, 6) is 1.59. The summed E-state index contributed by atoms with van der Waals surface area (Å²) in [6.45, 7) is 2.24. The molecule has 170 valence electrons. The monoisotopic (exact) mass is 451 g/mol. The zero-order chi connectivity index (χ0) is 22.9. The number of H-pyrrole nitrogens is 1. The minimum Gasteiger partial charge on any atom is -0.340 e.